The Morgan fingerprint density at radius 1 is 1.35 bits per heavy atom. The highest BCUT2D eigenvalue weighted by Crippen LogP contribution is 2.27. The second-order valence-electron chi connectivity index (χ2n) is 4.36. The third-order valence-electron chi connectivity index (χ3n) is 3.03. The maximum atomic E-state index is 6.30. The standard InChI is InChI=1S/C14H15BrCl2N2O/c1-3-11-14(17)12(19(2)18-11)8-20-13-5-4-10(16)6-9(13)7-15/h4-6H,3,7-8H2,1-2H3. The van der Waals surface area contributed by atoms with Crippen molar-refractivity contribution in [2.75, 3.05) is 0 Å². The lowest BCUT2D eigenvalue weighted by Crippen LogP contribution is -2.04. The monoisotopic (exact) mass is 376 g/mol. The van der Waals surface area contributed by atoms with Crippen molar-refractivity contribution in [3.63, 3.8) is 0 Å². The number of aryl methyl sites for hydroxylation is 2. The van der Waals surface area contributed by atoms with Gasteiger partial charge in [0.25, 0.3) is 0 Å². The maximum Gasteiger partial charge on any atom is 0.131 e. The van der Waals surface area contributed by atoms with Crippen LogP contribution in [0.4, 0.5) is 0 Å². The summed E-state index contributed by atoms with van der Waals surface area (Å²) in [7, 11) is 1.87. The second kappa shape index (κ2) is 6.83. The number of alkyl halides is 1. The minimum atomic E-state index is 0.379. The van der Waals surface area contributed by atoms with E-state index in [1.165, 1.54) is 0 Å². The van der Waals surface area contributed by atoms with Gasteiger partial charge < -0.3 is 4.74 Å². The molecule has 6 heteroatoms. The summed E-state index contributed by atoms with van der Waals surface area (Å²) in [5.74, 6) is 0.793. The molecule has 0 unspecified atom stereocenters. The highest BCUT2D eigenvalue weighted by molar-refractivity contribution is 9.08. The number of rotatable bonds is 5. The predicted octanol–water partition coefficient (Wildman–Crippen LogP) is 4.76. The molecule has 0 atom stereocenters. The van der Waals surface area contributed by atoms with Gasteiger partial charge in [-0.2, -0.15) is 5.10 Å². The molecule has 1 aromatic carbocycles. The van der Waals surface area contributed by atoms with E-state index in [-0.39, 0.29) is 0 Å². The van der Waals surface area contributed by atoms with Crippen molar-refractivity contribution in [3.05, 3.63) is 45.2 Å². The van der Waals surface area contributed by atoms with Gasteiger partial charge >= 0.3 is 0 Å². The van der Waals surface area contributed by atoms with E-state index in [1.807, 2.05) is 32.2 Å². The zero-order valence-electron chi connectivity index (χ0n) is 11.3. The molecule has 1 heterocycles. The summed E-state index contributed by atoms with van der Waals surface area (Å²) in [5.41, 5.74) is 2.77. The molecule has 0 aliphatic rings. The van der Waals surface area contributed by atoms with E-state index >= 15 is 0 Å². The van der Waals surface area contributed by atoms with Gasteiger partial charge in [0.2, 0.25) is 0 Å². The molecule has 20 heavy (non-hydrogen) atoms. The first kappa shape index (κ1) is 15.7. The summed E-state index contributed by atoms with van der Waals surface area (Å²) in [5, 5.41) is 6.43. The quantitative estimate of drug-likeness (QED) is 0.702. The number of halogens is 3. The lowest BCUT2D eigenvalue weighted by molar-refractivity contribution is 0.293. The van der Waals surface area contributed by atoms with Gasteiger partial charge in [-0.15, -0.1) is 0 Å². The van der Waals surface area contributed by atoms with E-state index < -0.39 is 0 Å². The van der Waals surface area contributed by atoms with Gasteiger partial charge in [-0.25, -0.2) is 0 Å². The van der Waals surface area contributed by atoms with Crippen LogP contribution in [0.3, 0.4) is 0 Å². The highest BCUT2D eigenvalue weighted by atomic mass is 79.9. The van der Waals surface area contributed by atoms with Gasteiger partial charge in [-0.1, -0.05) is 46.1 Å². The number of aromatic nitrogens is 2. The molecule has 0 amide bonds. The SMILES string of the molecule is CCc1nn(C)c(COc2ccc(Cl)cc2CBr)c1Cl. The van der Waals surface area contributed by atoms with Gasteiger partial charge in [0.05, 0.1) is 16.4 Å². The number of hydrogen-bond donors (Lipinski definition) is 0. The normalized spacial score (nSPS) is 10.8. The average molecular weight is 378 g/mol. The summed E-state index contributed by atoms with van der Waals surface area (Å²) in [6, 6.07) is 5.56. The van der Waals surface area contributed by atoms with E-state index in [2.05, 4.69) is 21.0 Å². The minimum absolute atomic E-state index is 0.379. The van der Waals surface area contributed by atoms with Crippen LogP contribution in [-0.2, 0) is 25.4 Å². The van der Waals surface area contributed by atoms with Crippen molar-refractivity contribution in [1.29, 1.82) is 0 Å². The van der Waals surface area contributed by atoms with Crippen LogP contribution in [0.15, 0.2) is 18.2 Å². The first-order valence-electron chi connectivity index (χ1n) is 6.24. The van der Waals surface area contributed by atoms with E-state index in [9.17, 15) is 0 Å². The molecular formula is C14H15BrCl2N2O. The second-order valence-corrected chi connectivity index (χ2v) is 5.73. The van der Waals surface area contributed by atoms with Gasteiger partial charge in [0, 0.05) is 23.0 Å². The average Bonchev–Trinajstić information content (AvgIpc) is 2.72. The Balaban J connectivity index is 2.19. The van der Waals surface area contributed by atoms with Gasteiger partial charge in [-0.3, -0.25) is 4.68 Å². The Morgan fingerprint density at radius 2 is 2.10 bits per heavy atom. The molecule has 2 aromatic rings. The predicted molar refractivity (Wildman–Crippen MR) is 86.0 cm³/mol. The molecule has 0 radical (unpaired) electrons. The summed E-state index contributed by atoms with van der Waals surface area (Å²) in [6.07, 6.45) is 0.806. The van der Waals surface area contributed by atoms with E-state index in [4.69, 9.17) is 27.9 Å². The van der Waals surface area contributed by atoms with Crippen molar-refractivity contribution in [2.24, 2.45) is 7.05 Å². The molecule has 0 aliphatic carbocycles. The van der Waals surface area contributed by atoms with E-state index in [0.717, 1.165) is 29.1 Å². The van der Waals surface area contributed by atoms with Gasteiger partial charge in [0.15, 0.2) is 0 Å². The van der Waals surface area contributed by atoms with Crippen LogP contribution in [-0.4, -0.2) is 9.78 Å². The summed E-state index contributed by atoms with van der Waals surface area (Å²) in [4.78, 5) is 0. The fourth-order valence-corrected chi connectivity index (χ4v) is 2.90. The number of ether oxygens (including phenoxy) is 1. The van der Waals surface area contributed by atoms with Crippen LogP contribution < -0.4 is 4.74 Å². The molecule has 3 nitrogen and oxygen atoms in total. The molecule has 108 valence electrons. The summed E-state index contributed by atoms with van der Waals surface area (Å²) < 4.78 is 7.62. The zero-order chi connectivity index (χ0) is 14.7. The first-order chi connectivity index (χ1) is 9.56. The highest BCUT2D eigenvalue weighted by Gasteiger charge is 2.14. The van der Waals surface area contributed by atoms with Crippen LogP contribution in [0.5, 0.6) is 5.75 Å². The van der Waals surface area contributed by atoms with E-state index in [1.54, 1.807) is 4.68 Å². The van der Waals surface area contributed by atoms with Crippen molar-refractivity contribution in [2.45, 2.75) is 25.3 Å². The maximum absolute atomic E-state index is 6.30. The summed E-state index contributed by atoms with van der Waals surface area (Å²) in [6.45, 7) is 2.41. The molecular weight excluding hydrogens is 363 g/mol. The van der Waals surface area contributed by atoms with E-state index in [0.29, 0.717) is 22.0 Å². The lowest BCUT2D eigenvalue weighted by atomic mass is 10.2. The van der Waals surface area contributed by atoms with Crippen LogP contribution >= 0.6 is 39.1 Å². The van der Waals surface area contributed by atoms with Crippen LogP contribution in [0.1, 0.15) is 23.9 Å². The van der Waals surface area contributed by atoms with Crippen LogP contribution in [0.2, 0.25) is 10.0 Å². The molecule has 0 N–H and O–H groups in total. The fourth-order valence-electron chi connectivity index (χ4n) is 1.92. The topological polar surface area (TPSA) is 27.1 Å². The Bertz CT molecular complexity index is 613. The fraction of sp³-hybridized carbons (Fsp3) is 0.357. The number of benzene rings is 1. The van der Waals surface area contributed by atoms with Crippen molar-refractivity contribution in [3.8, 4) is 5.75 Å². The molecule has 0 saturated carbocycles. The van der Waals surface area contributed by atoms with Crippen molar-refractivity contribution < 1.29 is 4.74 Å². The Labute approximate surface area is 137 Å². The Kier molecular flexibility index (Phi) is 5.35. The Morgan fingerprint density at radius 3 is 2.70 bits per heavy atom. The molecule has 0 spiro atoms. The number of nitrogens with zero attached hydrogens (tertiary/aromatic N) is 2. The third-order valence-corrected chi connectivity index (χ3v) is 4.31. The summed E-state index contributed by atoms with van der Waals surface area (Å²) >= 11 is 15.7. The number of hydrogen-bond acceptors (Lipinski definition) is 2. The lowest BCUT2D eigenvalue weighted by Gasteiger charge is -2.11. The Hall–Kier alpha value is -0.710. The minimum Gasteiger partial charge on any atom is -0.487 e. The molecule has 2 rings (SSSR count). The zero-order valence-corrected chi connectivity index (χ0v) is 14.4. The smallest absolute Gasteiger partial charge is 0.131 e. The molecule has 0 aliphatic heterocycles. The third kappa shape index (κ3) is 3.30. The molecule has 0 bridgehead atoms. The molecule has 0 saturated heterocycles. The molecule has 1 aromatic heterocycles. The van der Waals surface area contributed by atoms with Crippen molar-refractivity contribution >= 4 is 39.1 Å². The van der Waals surface area contributed by atoms with Crippen molar-refractivity contribution in [1.82, 2.24) is 9.78 Å². The largest absolute Gasteiger partial charge is 0.487 e. The van der Waals surface area contributed by atoms with Gasteiger partial charge in [-0.05, 0) is 24.6 Å². The first-order valence-corrected chi connectivity index (χ1v) is 8.12. The van der Waals surface area contributed by atoms with Crippen LogP contribution in [0, 0.1) is 0 Å². The van der Waals surface area contributed by atoms with Crippen LogP contribution in [0.25, 0.3) is 0 Å². The molecule has 0 fully saturated rings. The van der Waals surface area contributed by atoms with Gasteiger partial charge in [0.1, 0.15) is 12.4 Å².